The van der Waals surface area contributed by atoms with Gasteiger partial charge < -0.3 is 29.0 Å². The number of phenolic OH excluding ortho intramolecular Hbond substituents is 1. The predicted molar refractivity (Wildman–Crippen MR) is 139 cm³/mol. The van der Waals surface area contributed by atoms with Crippen molar-refractivity contribution in [3.8, 4) is 5.75 Å². The van der Waals surface area contributed by atoms with Gasteiger partial charge in [0.05, 0.1) is 17.5 Å². The van der Waals surface area contributed by atoms with Crippen LogP contribution in [0.3, 0.4) is 0 Å². The smallest absolute Gasteiger partial charge is 0.339 e. The van der Waals surface area contributed by atoms with Crippen molar-refractivity contribution in [1.82, 2.24) is 0 Å². The number of aryl methyl sites for hydroxylation is 2. The van der Waals surface area contributed by atoms with E-state index >= 15 is 0 Å². The topological polar surface area (TPSA) is 113 Å². The van der Waals surface area contributed by atoms with Crippen LogP contribution in [0.4, 0.5) is 10.8 Å². The van der Waals surface area contributed by atoms with Crippen LogP contribution in [-0.2, 0) is 7.05 Å². The molecule has 0 atom stereocenters. The summed E-state index contributed by atoms with van der Waals surface area (Å²) in [6, 6.07) is 15.8. The molecule has 0 fully saturated rings. The summed E-state index contributed by atoms with van der Waals surface area (Å²) in [5.74, 6) is 0.256. The Bertz CT molecular complexity index is 1350. The van der Waals surface area contributed by atoms with Gasteiger partial charge in [0.1, 0.15) is 11.4 Å². The minimum absolute atomic E-state index is 0. The number of halogens is 2. The number of anilines is 2. The Balaban J connectivity index is 0.00000181. The van der Waals surface area contributed by atoms with Crippen LogP contribution in [0.5, 0.6) is 5.75 Å². The zero-order chi connectivity index (χ0) is 21.4. The molecule has 0 bridgehead atoms. The van der Waals surface area contributed by atoms with Crippen LogP contribution in [0.25, 0.3) is 21.0 Å². The number of benzene rings is 3. The van der Waals surface area contributed by atoms with Crippen molar-refractivity contribution in [3.05, 3.63) is 59.7 Å². The monoisotopic (exact) mass is 506 g/mol. The van der Waals surface area contributed by atoms with Crippen LogP contribution < -0.4 is 33.8 Å². The van der Waals surface area contributed by atoms with E-state index in [0.717, 1.165) is 42.9 Å². The minimum atomic E-state index is -0.0771. The summed E-state index contributed by atoms with van der Waals surface area (Å²) < 4.78 is 3.18. The molecule has 0 saturated heterocycles. The number of hydrogen-bond donors (Lipinski definition) is 4. The van der Waals surface area contributed by atoms with E-state index in [1.807, 2.05) is 69.4 Å². The lowest BCUT2D eigenvalue weighted by molar-refractivity contribution is -0.625. The maximum absolute atomic E-state index is 10.7. The van der Waals surface area contributed by atoms with Crippen molar-refractivity contribution in [3.63, 3.8) is 0 Å². The van der Waals surface area contributed by atoms with Crippen LogP contribution in [0, 0.1) is 6.92 Å². The molecule has 0 aliphatic rings. The number of guanidine groups is 1. The number of aromatic nitrogens is 1. The largest absolute Gasteiger partial charge is 1.00 e. The maximum atomic E-state index is 10.7. The highest BCUT2D eigenvalue weighted by Gasteiger charge is 2.22. The number of nitrogens with one attached hydrogen (secondary N) is 1. The van der Waals surface area contributed by atoms with Gasteiger partial charge in [-0.2, -0.15) is 5.10 Å². The van der Waals surface area contributed by atoms with Crippen LogP contribution in [0.15, 0.2) is 58.7 Å². The molecule has 0 spiro atoms. The van der Waals surface area contributed by atoms with E-state index in [9.17, 15) is 5.11 Å². The first-order valence-corrected chi connectivity index (χ1v) is 10.2. The number of nitrogens with zero attached hydrogens (tertiary/aromatic N) is 3. The molecule has 7 nitrogen and oxygen atoms in total. The maximum Gasteiger partial charge on any atom is 0.339 e. The SMILES string of the molecule is C.C/C(=N\N=C(N)N)c1cccc(Nc2sc3c(C)c(O)c4ccccc4c3[n+]2C)c1.Cl.[Cl-]. The molecule has 1 heterocycles. The number of aromatic hydroxyl groups is 1. The van der Waals surface area contributed by atoms with Gasteiger partial charge >= 0.3 is 5.13 Å². The predicted octanol–water partition coefficient (Wildman–Crippen LogP) is 1.70. The van der Waals surface area contributed by atoms with Crippen molar-refractivity contribution < 1.29 is 22.1 Å². The first-order chi connectivity index (χ1) is 14.4. The Morgan fingerprint density at radius 2 is 1.73 bits per heavy atom. The third-order valence-corrected chi connectivity index (χ3v) is 6.31. The number of phenols is 1. The van der Waals surface area contributed by atoms with Crippen LogP contribution in [-0.4, -0.2) is 16.8 Å². The third kappa shape index (κ3) is 5.30. The van der Waals surface area contributed by atoms with Gasteiger partial charge in [-0.15, -0.1) is 17.5 Å². The van der Waals surface area contributed by atoms with E-state index in [0.29, 0.717) is 11.5 Å². The van der Waals surface area contributed by atoms with Gasteiger partial charge in [-0.1, -0.05) is 37.8 Å². The van der Waals surface area contributed by atoms with E-state index in [4.69, 9.17) is 11.5 Å². The normalized spacial score (nSPS) is 10.7. The molecule has 4 rings (SSSR count). The molecule has 10 heteroatoms. The highest BCUT2D eigenvalue weighted by Crippen LogP contribution is 2.40. The molecule has 1 aromatic heterocycles. The van der Waals surface area contributed by atoms with Crippen molar-refractivity contribution >= 4 is 67.2 Å². The van der Waals surface area contributed by atoms with E-state index in [-0.39, 0.29) is 38.2 Å². The molecule has 0 aliphatic carbocycles. The number of nitrogens with two attached hydrogens (primary N) is 2. The van der Waals surface area contributed by atoms with Crippen LogP contribution in [0.2, 0.25) is 0 Å². The van der Waals surface area contributed by atoms with Gasteiger partial charge in [0, 0.05) is 21.9 Å². The van der Waals surface area contributed by atoms with Gasteiger partial charge in [-0.25, -0.2) is 9.88 Å². The Morgan fingerprint density at radius 1 is 1.06 bits per heavy atom. The first kappa shape index (κ1) is 28.0. The van der Waals surface area contributed by atoms with E-state index in [2.05, 4.69) is 20.1 Å². The second kappa shape index (κ2) is 11.2. The molecule has 0 radical (unpaired) electrons. The standard InChI is InChI=1S/C22H22N6OS.CH4.2ClH/c1-12-19(29)17-10-5-4-9-16(17)18-20(12)30-22(28(18)3)25-15-8-6-7-14(11-15)13(2)26-27-21(23)24;;;/h4-11H,1-3H3,(H5,23,24,27,29);1H4;2*1H/b26-13+;;;. The molecule has 0 amide bonds. The zero-order valence-electron chi connectivity index (χ0n) is 17.8. The molecule has 0 aliphatic heterocycles. The Morgan fingerprint density at radius 3 is 2.39 bits per heavy atom. The summed E-state index contributed by atoms with van der Waals surface area (Å²) in [4.78, 5) is 0. The van der Waals surface area contributed by atoms with Crippen molar-refractivity contribution in [2.75, 3.05) is 5.32 Å². The highest BCUT2D eigenvalue weighted by atomic mass is 35.5. The molecular formula is C23H28Cl2N6OS. The molecule has 176 valence electrons. The Kier molecular flexibility index (Phi) is 9.47. The van der Waals surface area contributed by atoms with Crippen LogP contribution >= 0.6 is 23.7 Å². The fraction of sp³-hybridized carbons (Fsp3) is 0.174. The van der Waals surface area contributed by atoms with Crippen molar-refractivity contribution in [2.24, 2.45) is 28.7 Å². The number of thiazole rings is 1. The van der Waals surface area contributed by atoms with Gasteiger partial charge in [-0.3, -0.25) is 0 Å². The molecular weight excluding hydrogens is 479 g/mol. The fourth-order valence-electron chi connectivity index (χ4n) is 3.48. The number of hydrogen-bond acceptors (Lipinski definition) is 5. The zero-order valence-corrected chi connectivity index (χ0v) is 20.1. The second-order valence-corrected chi connectivity index (χ2v) is 8.08. The quantitative estimate of drug-likeness (QED) is 0.146. The fourth-order valence-corrected chi connectivity index (χ4v) is 4.66. The average Bonchev–Trinajstić information content (AvgIpc) is 3.06. The van der Waals surface area contributed by atoms with Crippen molar-refractivity contribution in [2.45, 2.75) is 21.3 Å². The van der Waals surface area contributed by atoms with Gasteiger partial charge in [0.15, 0.2) is 5.52 Å². The summed E-state index contributed by atoms with van der Waals surface area (Å²) in [6.45, 7) is 3.80. The molecule has 33 heavy (non-hydrogen) atoms. The number of fused-ring (bicyclic) bond motifs is 3. The van der Waals surface area contributed by atoms with Crippen LogP contribution in [0.1, 0.15) is 25.5 Å². The lowest BCUT2D eigenvalue weighted by atomic mass is 10.0. The lowest BCUT2D eigenvalue weighted by Crippen LogP contribution is -3.00. The summed E-state index contributed by atoms with van der Waals surface area (Å²) in [5, 5.41) is 24.8. The summed E-state index contributed by atoms with van der Waals surface area (Å²) >= 11 is 1.61. The first-order valence-electron chi connectivity index (χ1n) is 9.40. The van der Waals surface area contributed by atoms with E-state index < -0.39 is 0 Å². The summed E-state index contributed by atoms with van der Waals surface area (Å²) in [7, 11) is 2.03. The highest BCUT2D eigenvalue weighted by molar-refractivity contribution is 7.22. The molecule has 6 N–H and O–H groups in total. The van der Waals surface area contributed by atoms with E-state index in [1.165, 1.54) is 0 Å². The minimum Gasteiger partial charge on any atom is -1.00 e. The Hall–Kier alpha value is -3.07. The van der Waals surface area contributed by atoms with Gasteiger partial charge in [0.25, 0.3) is 0 Å². The molecule has 0 unspecified atom stereocenters. The molecule has 3 aromatic carbocycles. The third-order valence-electron chi connectivity index (χ3n) is 5.03. The Labute approximate surface area is 209 Å². The summed E-state index contributed by atoms with van der Waals surface area (Å²) in [5.41, 5.74) is 15.2. The second-order valence-electron chi connectivity index (χ2n) is 7.08. The molecule has 0 saturated carbocycles. The average molecular weight is 507 g/mol. The molecule has 4 aromatic rings. The summed E-state index contributed by atoms with van der Waals surface area (Å²) in [6.07, 6.45) is 0. The van der Waals surface area contributed by atoms with Crippen molar-refractivity contribution in [1.29, 1.82) is 0 Å². The number of rotatable bonds is 4. The lowest BCUT2D eigenvalue weighted by Gasteiger charge is -2.06. The van der Waals surface area contributed by atoms with Gasteiger partial charge in [-0.05, 0) is 43.4 Å². The van der Waals surface area contributed by atoms with E-state index in [1.54, 1.807) is 11.3 Å². The van der Waals surface area contributed by atoms with Gasteiger partial charge in [0.2, 0.25) is 5.96 Å².